The molecule has 0 aliphatic carbocycles. The van der Waals surface area contributed by atoms with Gasteiger partial charge >= 0.3 is 5.97 Å². The van der Waals surface area contributed by atoms with Crippen molar-refractivity contribution in [1.29, 1.82) is 0 Å². The lowest BCUT2D eigenvalue weighted by Gasteiger charge is -2.30. The van der Waals surface area contributed by atoms with Crippen molar-refractivity contribution in [3.8, 4) is 5.75 Å². The zero-order chi connectivity index (χ0) is 13.3. The second kappa shape index (κ2) is 5.90. The SMILES string of the molecule is O=C(O)c1ccc(OC(Br)(Br)C(Br)(Br)Br)cc1. The van der Waals surface area contributed by atoms with Crippen molar-refractivity contribution >= 4 is 85.6 Å². The molecule has 8 heteroatoms. The average molecular weight is 561 g/mol. The summed E-state index contributed by atoms with van der Waals surface area (Å²) in [6, 6.07) is 6.07. The van der Waals surface area contributed by atoms with Gasteiger partial charge in [0.15, 0.2) is 2.14 Å². The summed E-state index contributed by atoms with van der Waals surface area (Å²) in [5.74, 6) is -0.470. The third-order valence-corrected chi connectivity index (χ3v) is 8.06. The van der Waals surface area contributed by atoms with Gasteiger partial charge in [0.05, 0.1) is 5.56 Å². The van der Waals surface area contributed by atoms with E-state index in [2.05, 4.69) is 79.6 Å². The minimum absolute atomic E-state index is 0.204. The molecule has 0 aliphatic heterocycles. The monoisotopic (exact) mass is 556 g/mol. The first kappa shape index (κ1) is 15.9. The summed E-state index contributed by atoms with van der Waals surface area (Å²) in [5.41, 5.74) is 0.204. The minimum Gasteiger partial charge on any atom is -0.478 e. The molecule has 0 radical (unpaired) electrons. The molecular weight excluding hydrogens is 556 g/mol. The molecule has 94 valence electrons. The lowest BCUT2D eigenvalue weighted by Crippen LogP contribution is -2.34. The van der Waals surface area contributed by atoms with E-state index in [0.717, 1.165) is 0 Å². The molecule has 0 heterocycles. The first-order valence-corrected chi connectivity index (χ1v) is 8.07. The predicted molar refractivity (Wildman–Crippen MR) is 84.1 cm³/mol. The highest BCUT2D eigenvalue weighted by Gasteiger charge is 2.45. The van der Waals surface area contributed by atoms with Gasteiger partial charge in [-0.2, -0.15) is 0 Å². The Morgan fingerprint density at radius 1 is 1.06 bits per heavy atom. The fourth-order valence-corrected chi connectivity index (χ4v) is 1.49. The van der Waals surface area contributed by atoms with Crippen LogP contribution in [0.3, 0.4) is 0 Å². The summed E-state index contributed by atoms with van der Waals surface area (Å²) in [7, 11) is 0. The van der Waals surface area contributed by atoms with Crippen LogP contribution in [0.2, 0.25) is 0 Å². The highest BCUT2D eigenvalue weighted by Crippen LogP contribution is 2.53. The highest BCUT2D eigenvalue weighted by atomic mass is 80.0. The van der Waals surface area contributed by atoms with E-state index in [-0.39, 0.29) is 5.56 Å². The molecule has 0 atom stereocenters. The summed E-state index contributed by atoms with van der Waals surface area (Å²) in [6.07, 6.45) is 0. The number of carbonyl (C=O) groups is 1. The minimum atomic E-state index is -0.976. The van der Waals surface area contributed by atoms with Gasteiger partial charge in [0, 0.05) is 0 Å². The summed E-state index contributed by atoms with van der Waals surface area (Å²) >= 11 is 16.6. The quantitative estimate of drug-likeness (QED) is 0.527. The van der Waals surface area contributed by atoms with E-state index in [9.17, 15) is 4.79 Å². The Bertz CT molecular complexity index is 410. The number of halogens is 5. The smallest absolute Gasteiger partial charge is 0.335 e. The number of aromatic carboxylic acids is 1. The van der Waals surface area contributed by atoms with Crippen molar-refractivity contribution in [2.24, 2.45) is 0 Å². The number of ether oxygens (including phenoxy) is 1. The predicted octanol–water partition coefficient (Wildman–Crippen LogP) is 5.05. The first-order chi connectivity index (χ1) is 7.63. The Kier molecular flexibility index (Phi) is 5.53. The largest absolute Gasteiger partial charge is 0.478 e. The van der Waals surface area contributed by atoms with Crippen LogP contribution in [0.25, 0.3) is 0 Å². The number of carboxylic acids is 1. The fourth-order valence-electron chi connectivity index (χ4n) is 0.871. The molecule has 1 aromatic rings. The number of alkyl halides is 5. The average Bonchev–Trinajstić information content (AvgIpc) is 2.16. The molecule has 0 aromatic heterocycles. The molecule has 17 heavy (non-hydrogen) atoms. The van der Waals surface area contributed by atoms with Gasteiger partial charge in [0.1, 0.15) is 5.75 Å². The molecule has 0 fully saturated rings. The fraction of sp³-hybridized carbons (Fsp3) is 0.222. The lowest BCUT2D eigenvalue weighted by atomic mass is 10.2. The van der Waals surface area contributed by atoms with Crippen molar-refractivity contribution in [3.05, 3.63) is 29.8 Å². The second-order valence-corrected chi connectivity index (χ2v) is 13.0. The highest BCUT2D eigenvalue weighted by molar-refractivity contribution is 9.41. The van der Waals surface area contributed by atoms with E-state index in [1.807, 2.05) is 0 Å². The molecule has 0 spiro atoms. The zero-order valence-corrected chi connectivity index (χ0v) is 15.9. The number of rotatable bonds is 3. The van der Waals surface area contributed by atoms with Gasteiger partial charge < -0.3 is 9.84 Å². The van der Waals surface area contributed by atoms with Crippen LogP contribution in [-0.2, 0) is 0 Å². The summed E-state index contributed by atoms with van der Waals surface area (Å²) in [5, 5.41) is 8.76. The van der Waals surface area contributed by atoms with Crippen LogP contribution < -0.4 is 4.74 Å². The van der Waals surface area contributed by atoms with E-state index in [4.69, 9.17) is 9.84 Å². The third kappa shape index (κ3) is 4.49. The molecule has 3 nitrogen and oxygen atoms in total. The van der Waals surface area contributed by atoms with Crippen LogP contribution in [0.5, 0.6) is 5.75 Å². The lowest BCUT2D eigenvalue weighted by molar-refractivity contribution is 0.0697. The van der Waals surface area contributed by atoms with Gasteiger partial charge in [-0.15, -0.1) is 0 Å². The van der Waals surface area contributed by atoms with Gasteiger partial charge in [-0.25, -0.2) is 4.79 Å². The molecule has 0 aliphatic rings. The van der Waals surface area contributed by atoms with Crippen molar-refractivity contribution in [2.45, 2.75) is 5.56 Å². The number of hydrogen-bond acceptors (Lipinski definition) is 2. The van der Waals surface area contributed by atoms with Crippen molar-refractivity contribution in [3.63, 3.8) is 0 Å². The topological polar surface area (TPSA) is 46.5 Å². The third-order valence-electron chi connectivity index (χ3n) is 1.68. The van der Waals surface area contributed by atoms with Crippen LogP contribution in [-0.4, -0.2) is 16.6 Å². The van der Waals surface area contributed by atoms with Gasteiger partial charge in [0.25, 0.3) is 3.42 Å². The number of benzene rings is 1. The molecule has 0 unspecified atom stereocenters. The maximum absolute atomic E-state index is 10.7. The second-order valence-electron chi connectivity index (χ2n) is 2.95. The van der Waals surface area contributed by atoms with E-state index in [1.54, 1.807) is 12.1 Å². The molecule has 0 saturated heterocycles. The van der Waals surface area contributed by atoms with Gasteiger partial charge in [0.2, 0.25) is 0 Å². The molecule has 0 amide bonds. The van der Waals surface area contributed by atoms with E-state index >= 15 is 0 Å². The van der Waals surface area contributed by atoms with Crippen LogP contribution in [0, 0.1) is 0 Å². The van der Waals surface area contributed by atoms with Gasteiger partial charge in [-0.1, -0.05) is 47.8 Å². The summed E-state index contributed by atoms with van der Waals surface area (Å²) in [4.78, 5) is 10.7. The Morgan fingerprint density at radius 2 is 1.53 bits per heavy atom. The molecule has 0 saturated carbocycles. The van der Waals surface area contributed by atoms with Gasteiger partial charge in [-0.3, -0.25) is 0 Å². The normalized spacial score (nSPS) is 12.3. The van der Waals surface area contributed by atoms with E-state index in [1.165, 1.54) is 12.1 Å². The van der Waals surface area contributed by atoms with Crippen molar-refractivity contribution in [1.82, 2.24) is 0 Å². The van der Waals surface area contributed by atoms with E-state index in [0.29, 0.717) is 5.75 Å². The Hall–Kier alpha value is 0.890. The molecule has 1 N–H and O–H groups in total. The zero-order valence-electron chi connectivity index (χ0n) is 7.96. The molecule has 1 aromatic carbocycles. The van der Waals surface area contributed by atoms with Gasteiger partial charge in [-0.05, 0) is 56.1 Å². The van der Waals surface area contributed by atoms with Crippen LogP contribution in [0.1, 0.15) is 10.4 Å². The standard InChI is InChI=1S/C9H5Br5O3/c10-8(11,12)9(13,14)17-6-3-1-5(2-4-6)7(15)16/h1-4H,(H,15,16). The molecule has 1 rings (SSSR count). The summed E-state index contributed by atoms with van der Waals surface area (Å²) in [6.45, 7) is 0. The Labute approximate surface area is 140 Å². The number of carboxylic acid groups (broad SMARTS) is 1. The Morgan fingerprint density at radius 3 is 1.88 bits per heavy atom. The summed E-state index contributed by atoms with van der Waals surface area (Å²) < 4.78 is 3.92. The Balaban J connectivity index is 2.86. The van der Waals surface area contributed by atoms with Crippen molar-refractivity contribution < 1.29 is 14.6 Å². The molecule has 0 bridgehead atoms. The number of hydrogen-bond donors (Lipinski definition) is 1. The van der Waals surface area contributed by atoms with Crippen LogP contribution in [0.15, 0.2) is 24.3 Å². The first-order valence-electron chi connectivity index (χ1n) is 4.10. The van der Waals surface area contributed by atoms with Crippen molar-refractivity contribution in [2.75, 3.05) is 0 Å². The maximum Gasteiger partial charge on any atom is 0.335 e. The maximum atomic E-state index is 10.7. The van der Waals surface area contributed by atoms with Crippen LogP contribution in [0.4, 0.5) is 0 Å². The molecular formula is C9H5Br5O3. The van der Waals surface area contributed by atoms with E-state index < -0.39 is 11.5 Å². The van der Waals surface area contributed by atoms with Crippen LogP contribution >= 0.6 is 79.6 Å².